The van der Waals surface area contributed by atoms with Gasteiger partial charge in [0.15, 0.2) is 0 Å². The number of ether oxygens (including phenoxy) is 1. The Balaban J connectivity index is 2.21. The van der Waals surface area contributed by atoms with Crippen molar-refractivity contribution in [1.82, 2.24) is 5.32 Å². The number of esters is 1. The third kappa shape index (κ3) is 3.34. The number of thiophene rings is 1. The largest absolute Gasteiger partial charge is 0.462 e. The lowest BCUT2D eigenvalue weighted by Crippen LogP contribution is -2.24. The second-order valence-electron chi connectivity index (χ2n) is 4.16. The number of benzene rings is 1. The van der Waals surface area contributed by atoms with Crippen molar-refractivity contribution in [2.45, 2.75) is 6.92 Å². The van der Waals surface area contributed by atoms with Crippen LogP contribution < -0.4 is 10.6 Å². The van der Waals surface area contributed by atoms with Crippen LogP contribution in [0.15, 0.2) is 24.3 Å². The van der Waals surface area contributed by atoms with E-state index in [-0.39, 0.29) is 18.4 Å². The predicted octanol–water partition coefficient (Wildman–Crippen LogP) is 2.24. The SMILES string of the molecule is CCOC(=O)c1cc2ccc(NC(=O)CNC)cc2s1. The first-order chi connectivity index (χ1) is 9.63. The molecule has 2 N–H and O–H groups in total. The highest BCUT2D eigenvalue weighted by atomic mass is 32.1. The Hall–Kier alpha value is -1.92. The molecule has 6 heteroatoms. The molecule has 1 aromatic carbocycles. The van der Waals surface area contributed by atoms with Crippen molar-refractivity contribution in [3.8, 4) is 0 Å². The third-order valence-electron chi connectivity index (χ3n) is 2.62. The van der Waals surface area contributed by atoms with Gasteiger partial charge in [-0.05, 0) is 37.6 Å². The molecule has 106 valence electrons. The minimum atomic E-state index is -0.311. The molecule has 0 atom stereocenters. The molecule has 0 aliphatic heterocycles. The van der Waals surface area contributed by atoms with Crippen molar-refractivity contribution in [1.29, 1.82) is 0 Å². The Labute approximate surface area is 120 Å². The van der Waals surface area contributed by atoms with Crippen molar-refractivity contribution < 1.29 is 14.3 Å². The minimum Gasteiger partial charge on any atom is -0.462 e. The standard InChI is InChI=1S/C14H16N2O3S/c1-3-19-14(18)12-6-9-4-5-10(7-11(9)20-12)16-13(17)8-15-2/h4-7,15H,3,8H2,1-2H3,(H,16,17). The number of carbonyl (C=O) groups excluding carboxylic acids is 2. The fourth-order valence-electron chi connectivity index (χ4n) is 1.78. The number of amides is 1. The van der Waals surface area contributed by atoms with Gasteiger partial charge in [0.1, 0.15) is 4.88 Å². The smallest absolute Gasteiger partial charge is 0.348 e. The van der Waals surface area contributed by atoms with Crippen LogP contribution in [0.25, 0.3) is 10.1 Å². The van der Waals surface area contributed by atoms with Crippen LogP contribution in [-0.4, -0.2) is 32.1 Å². The number of anilines is 1. The zero-order chi connectivity index (χ0) is 14.5. The summed E-state index contributed by atoms with van der Waals surface area (Å²) >= 11 is 1.36. The van der Waals surface area contributed by atoms with E-state index >= 15 is 0 Å². The summed E-state index contributed by atoms with van der Waals surface area (Å²) in [5.41, 5.74) is 0.718. The van der Waals surface area contributed by atoms with Crippen molar-refractivity contribution in [3.05, 3.63) is 29.1 Å². The van der Waals surface area contributed by atoms with Gasteiger partial charge in [0.2, 0.25) is 5.91 Å². The summed E-state index contributed by atoms with van der Waals surface area (Å²) in [6.07, 6.45) is 0. The van der Waals surface area contributed by atoms with Crippen LogP contribution in [0.3, 0.4) is 0 Å². The molecule has 0 saturated carbocycles. The molecular formula is C14H16N2O3S. The summed E-state index contributed by atoms with van der Waals surface area (Å²) in [6, 6.07) is 7.36. The minimum absolute atomic E-state index is 0.103. The van der Waals surface area contributed by atoms with Crippen LogP contribution in [0, 0.1) is 0 Å². The molecule has 5 nitrogen and oxygen atoms in total. The number of hydrogen-bond acceptors (Lipinski definition) is 5. The van der Waals surface area contributed by atoms with E-state index in [0.29, 0.717) is 11.5 Å². The molecule has 2 rings (SSSR count). The van der Waals surface area contributed by atoms with E-state index in [1.807, 2.05) is 18.2 Å². The zero-order valence-electron chi connectivity index (χ0n) is 11.4. The zero-order valence-corrected chi connectivity index (χ0v) is 12.2. The molecular weight excluding hydrogens is 276 g/mol. The van der Waals surface area contributed by atoms with E-state index in [9.17, 15) is 9.59 Å². The molecule has 20 heavy (non-hydrogen) atoms. The van der Waals surface area contributed by atoms with Crippen molar-refractivity contribution >= 4 is 39.0 Å². The average Bonchev–Trinajstić information content (AvgIpc) is 2.82. The number of fused-ring (bicyclic) bond motifs is 1. The van der Waals surface area contributed by atoms with Crippen molar-refractivity contribution in [2.75, 3.05) is 25.5 Å². The Morgan fingerprint density at radius 3 is 2.80 bits per heavy atom. The highest BCUT2D eigenvalue weighted by Gasteiger charge is 2.11. The summed E-state index contributed by atoms with van der Waals surface area (Å²) in [4.78, 5) is 23.7. The molecule has 2 aromatic rings. The lowest BCUT2D eigenvalue weighted by atomic mass is 10.2. The Morgan fingerprint density at radius 1 is 1.30 bits per heavy atom. The second kappa shape index (κ2) is 6.49. The van der Waals surface area contributed by atoms with Crippen LogP contribution in [0.4, 0.5) is 5.69 Å². The lowest BCUT2D eigenvalue weighted by Gasteiger charge is -2.04. The van der Waals surface area contributed by atoms with Crippen molar-refractivity contribution in [2.24, 2.45) is 0 Å². The van der Waals surface area contributed by atoms with Gasteiger partial charge in [-0.2, -0.15) is 0 Å². The molecule has 0 radical (unpaired) electrons. The molecule has 0 aliphatic rings. The fourth-order valence-corrected chi connectivity index (χ4v) is 2.77. The van der Waals surface area contributed by atoms with Gasteiger partial charge in [0, 0.05) is 10.4 Å². The van der Waals surface area contributed by atoms with E-state index in [2.05, 4.69) is 10.6 Å². The molecule has 1 aromatic heterocycles. The van der Waals surface area contributed by atoms with Gasteiger partial charge in [0.05, 0.1) is 13.2 Å². The van der Waals surface area contributed by atoms with Crippen LogP contribution in [0.5, 0.6) is 0 Å². The Morgan fingerprint density at radius 2 is 2.10 bits per heavy atom. The number of hydrogen-bond donors (Lipinski definition) is 2. The van der Waals surface area contributed by atoms with Gasteiger partial charge in [-0.3, -0.25) is 4.79 Å². The highest BCUT2D eigenvalue weighted by molar-refractivity contribution is 7.20. The molecule has 0 unspecified atom stereocenters. The molecule has 0 saturated heterocycles. The summed E-state index contributed by atoms with van der Waals surface area (Å²) in [5.74, 6) is -0.413. The van der Waals surface area contributed by atoms with Crippen LogP contribution in [0.1, 0.15) is 16.6 Å². The second-order valence-corrected chi connectivity index (χ2v) is 5.25. The summed E-state index contributed by atoms with van der Waals surface area (Å²) in [7, 11) is 1.72. The number of rotatable bonds is 5. The van der Waals surface area contributed by atoms with Gasteiger partial charge in [0.25, 0.3) is 0 Å². The number of nitrogens with one attached hydrogen (secondary N) is 2. The molecule has 1 heterocycles. The fraction of sp³-hybridized carbons (Fsp3) is 0.286. The van der Waals surface area contributed by atoms with Gasteiger partial charge < -0.3 is 15.4 Å². The van der Waals surface area contributed by atoms with E-state index in [4.69, 9.17) is 4.74 Å². The first kappa shape index (κ1) is 14.5. The van der Waals surface area contributed by atoms with Gasteiger partial charge in [-0.1, -0.05) is 6.07 Å². The predicted molar refractivity (Wildman–Crippen MR) is 80.3 cm³/mol. The normalized spacial score (nSPS) is 10.5. The quantitative estimate of drug-likeness (QED) is 0.829. The topological polar surface area (TPSA) is 67.4 Å². The van der Waals surface area contributed by atoms with Crippen LogP contribution >= 0.6 is 11.3 Å². The van der Waals surface area contributed by atoms with Crippen LogP contribution in [0.2, 0.25) is 0 Å². The first-order valence-electron chi connectivity index (χ1n) is 6.29. The summed E-state index contributed by atoms with van der Waals surface area (Å²) in [5, 5.41) is 6.54. The van der Waals surface area contributed by atoms with Crippen molar-refractivity contribution in [3.63, 3.8) is 0 Å². The highest BCUT2D eigenvalue weighted by Crippen LogP contribution is 2.28. The Bertz CT molecular complexity index is 636. The molecule has 0 aliphatic carbocycles. The van der Waals surface area contributed by atoms with E-state index in [1.54, 1.807) is 20.0 Å². The Kier molecular flexibility index (Phi) is 4.70. The summed E-state index contributed by atoms with van der Waals surface area (Å²) < 4.78 is 5.92. The maximum atomic E-state index is 11.7. The molecule has 0 bridgehead atoms. The summed E-state index contributed by atoms with van der Waals surface area (Å²) in [6.45, 7) is 2.40. The number of likely N-dealkylation sites (N-methyl/N-ethyl adjacent to an activating group) is 1. The van der Waals surface area contributed by atoms with Gasteiger partial charge >= 0.3 is 5.97 Å². The average molecular weight is 292 g/mol. The third-order valence-corrected chi connectivity index (χ3v) is 3.70. The lowest BCUT2D eigenvalue weighted by molar-refractivity contribution is -0.115. The van der Waals surface area contributed by atoms with E-state index < -0.39 is 0 Å². The molecule has 0 spiro atoms. The molecule has 0 fully saturated rings. The van der Waals surface area contributed by atoms with Crippen LogP contribution in [-0.2, 0) is 9.53 Å². The van der Waals surface area contributed by atoms with E-state index in [0.717, 1.165) is 15.8 Å². The molecule has 1 amide bonds. The van der Waals surface area contributed by atoms with Gasteiger partial charge in [-0.25, -0.2) is 4.79 Å². The van der Waals surface area contributed by atoms with Gasteiger partial charge in [-0.15, -0.1) is 11.3 Å². The monoisotopic (exact) mass is 292 g/mol. The van der Waals surface area contributed by atoms with E-state index in [1.165, 1.54) is 11.3 Å². The first-order valence-corrected chi connectivity index (χ1v) is 7.11. The number of carbonyl (C=O) groups is 2. The maximum Gasteiger partial charge on any atom is 0.348 e. The maximum absolute atomic E-state index is 11.7.